The average Bonchev–Trinajstić information content (AvgIpc) is 3.14. The van der Waals surface area contributed by atoms with Crippen LogP contribution in [0.25, 0.3) is 0 Å². The maximum atomic E-state index is 12.3. The average molecular weight is 308 g/mol. The van der Waals surface area contributed by atoms with E-state index in [9.17, 15) is 4.79 Å². The minimum atomic E-state index is 0.0527. The summed E-state index contributed by atoms with van der Waals surface area (Å²) in [7, 11) is 3.62. The third-order valence-electron chi connectivity index (χ3n) is 4.64. The fourth-order valence-electron chi connectivity index (χ4n) is 3.58. The first-order chi connectivity index (χ1) is 10.7. The molecule has 0 aromatic carbocycles. The number of fused-ring (bicyclic) bond motifs is 1. The molecule has 122 valence electrons. The van der Waals surface area contributed by atoms with Crippen LogP contribution >= 0.6 is 0 Å². The second-order valence-electron chi connectivity index (χ2n) is 6.09. The van der Waals surface area contributed by atoms with Gasteiger partial charge in [0.15, 0.2) is 0 Å². The van der Waals surface area contributed by atoms with Gasteiger partial charge >= 0.3 is 0 Å². The van der Waals surface area contributed by atoms with Gasteiger partial charge < -0.3 is 18.8 Å². The molecule has 2 aliphatic heterocycles. The zero-order valence-electron chi connectivity index (χ0n) is 13.2. The highest BCUT2D eigenvalue weighted by molar-refractivity contribution is 5.78. The molecule has 2 saturated heterocycles. The van der Waals surface area contributed by atoms with Gasteiger partial charge in [-0.15, -0.1) is 0 Å². The van der Waals surface area contributed by atoms with E-state index in [1.165, 1.54) is 0 Å². The molecule has 0 aliphatic carbocycles. The van der Waals surface area contributed by atoms with E-state index in [0.717, 1.165) is 31.8 Å². The van der Waals surface area contributed by atoms with Gasteiger partial charge in [0, 0.05) is 20.3 Å². The van der Waals surface area contributed by atoms with Gasteiger partial charge in [-0.1, -0.05) is 0 Å². The van der Waals surface area contributed by atoms with Crippen LogP contribution in [0.3, 0.4) is 0 Å². The number of hydrogen-bond acceptors (Lipinski definition) is 5. The number of carbonyl (C=O) groups excluding carboxylic acids is 1. The van der Waals surface area contributed by atoms with E-state index < -0.39 is 0 Å². The van der Waals surface area contributed by atoms with Gasteiger partial charge in [0.05, 0.1) is 31.0 Å². The Morgan fingerprint density at radius 3 is 3.14 bits per heavy atom. The molecule has 1 aromatic rings. The molecule has 6 nitrogen and oxygen atoms in total. The predicted octanol–water partition coefficient (Wildman–Crippen LogP) is 1.12. The Morgan fingerprint density at radius 1 is 1.55 bits per heavy atom. The molecule has 2 unspecified atom stereocenters. The lowest BCUT2D eigenvalue weighted by atomic mass is 10.00. The Balaban J connectivity index is 1.71. The number of methoxy groups -OCH3 is 1. The molecule has 0 saturated carbocycles. The second-order valence-corrected chi connectivity index (χ2v) is 6.09. The highest BCUT2D eigenvalue weighted by atomic mass is 16.5. The van der Waals surface area contributed by atoms with Gasteiger partial charge in [-0.05, 0) is 32.0 Å². The summed E-state index contributed by atoms with van der Waals surface area (Å²) in [5.74, 6) is 0.980. The van der Waals surface area contributed by atoms with E-state index in [2.05, 4.69) is 11.9 Å². The Bertz CT molecular complexity index is 490. The number of hydrogen-bond donors (Lipinski definition) is 0. The van der Waals surface area contributed by atoms with Crippen molar-refractivity contribution < 1.29 is 18.7 Å². The molecule has 22 heavy (non-hydrogen) atoms. The molecule has 0 N–H and O–H groups in total. The van der Waals surface area contributed by atoms with Crippen LogP contribution in [-0.2, 0) is 20.8 Å². The first kappa shape index (κ1) is 15.5. The minimum Gasteiger partial charge on any atom is -0.468 e. The first-order valence-electron chi connectivity index (χ1n) is 7.83. The second kappa shape index (κ2) is 6.81. The Labute approximate surface area is 131 Å². The van der Waals surface area contributed by atoms with Gasteiger partial charge in [-0.2, -0.15) is 0 Å². The number of nitrogens with zero attached hydrogens (tertiary/aromatic N) is 2. The normalized spacial score (nSPS) is 28.1. The smallest absolute Gasteiger partial charge is 0.248 e. The fourth-order valence-corrected chi connectivity index (χ4v) is 3.58. The lowest BCUT2D eigenvalue weighted by Gasteiger charge is -2.34. The van der Waals surface area contributed by atoms with Crippen molar-refractivity contribution in [1.29, 1.82) is 0 Å². The molecule has 0 bridgehead atoms. The van der Waals surface area contributed by atoms with Crippen LogP contribution in [0.5, 0.6) is 0 Å². The summed E-state index contributed by atoms with van der Waals surface area (Å²) in [5, 5.41) is 0. The Kier molecular flexibility index (Phi) is 4.81. The van der Waals surface area contributed by atoms with Crippen molar-refractivity contribution >= 4 is 5.91 Å². The summed E-state index contributed by atoms with van der Waals surface area (Å²) < 4.78 is 16.5. The number of ether oxygens (including phenoxy) is 2. The predicted molar refractivity (Wildman–Crippen MR) is 80.3 cm³/mol. The first-order valence-corrected chi connectivity index (χ1v) is 7.83. The lowest BCUT2D eigenvalue weighted by molar-refractivity contribution is -0.138. The largest absolute Gasteiger partial charge is 0.468 e. The topological polar surface area (TPSA) is 55.2 Å². The van der Waals surface area contributed by atoms with Crippen LogP contribution in [0.1, 0.15) is 18.6 Å². The van der Waals surface area contributed by atoms with Crippen molar-refractivity contribution in [3.63, 3.8) is 0 Å². The summed E-state index contributed by atoms with van der Waals surface area (Å²) in [5.41, 5.74) is 0. The molecule has 0 spiro atoms. The zero-order chi connectivity index (χ0) is 15.5. The number of amides is 1. The summed E-state index contributed by atoms with van der Waals surface area (Å²) >= 11 is 0. The van der Waals surface area contributed by atoms with Crippen LogP contribution in [-0.4, -0.2) is 67.8 Å². The van der Waals surface area contributed by atoms with Gasteiger partial charge in [-0.25, -0.2) is 0 Å². The van der Waals surface area contributed by atoms with Crippen LogP contribution < -0.4 is 0 Å². The van der Waals surface area contributed by atoms with Gasteiger partial charge in [0.25, 0.3) is 0 Å². The SMILES string of the molecule is COCC(=O)N1C[C@H](N(C)Cc2ccco2)C2OCCCC21. The van der Waals surface area contributed by atoms with Crippen molar-refractivity contribution in [3.8, 4) is 0 Å². The molecule has 0 radical (unpaired) electrons. The standard InChI is InChI=1S/C16H24N2O4/c1-17(9-12-5-3-7-21-12)14-10-18(15(19)11-20-2)13-6-4-8-22-16(13)14/h3,5,7,13-14,16H,4,6,8-11H2,1-2H3/t13?,14-,16?/m0/s1. The lowest BCUT2D eigenvalue weighted by Crippen LogP contribution is -2.46. The van der Waals surface area contributed by atoms with Crippen LogP contribution in [0.2, 0.25) is 0 Å². The van der Waals surface area contributed by atoms with Crippen molar-refractivity contribution in [2.75, 3.05) is 33.9 Å². The molecular formula is C16H24N2O4. The highest BCUT2D eigenvalue weighted by Gasteiger charge is 2.47. The van der Waals surface area contributed by atoms with E-state index in [0.29, 0.717) is 6.54 Å². The van der Waals surface area contributed by atoms with Crippen molar-refractivity contribution in [2.45, 2.75) is 37.6 Å². The molecule has 6 heteroatoms. The molecule has 2 aliphatic rings. The maximum Gasteiger partial charge on any atom is 0.248 e. The number of furan rings is 1. The molecule has 3 rings (SSSR count). The summed E-state index contributed by atoms with van der Waals surface area (Å²) in [6.45, 7) is 2.32. The zero-order valence-corrected chi connectivity index (χ0v) is 13.2. The molecule has 3 heterocycles. The molecule has 2 fully saturated rings. The van der Waals surface area contributed by atoms with Crippen molar-refractivity contribution in [3.05, 3.63) is 24.2 Å². The van der Waals surface area contributed by atoms with E-state index in [1.54, 1.807) is 13.4 Å². The Hall–Kier alpha value is -1.37. The summed E-state index contributed by atoms with van der Waals surface area (Å²) in [6.07, 6.45) is 3.78. The number of carbonyl (C=O) groups is 1. The van der Waals surface area contributed by atoms with Crippen LogP contribution in [0, 0.1) is 0 Å². The van der Waals surface area contributed by atoms with E-state index in [4.69, 9.17) is 13.9 Å². The summed E-state index contributed by atoms with van der Waals surface area (Å²) in [4.78, 5) is 16.5. The summed E-state index contributed by atoms with van der Waals surface area (Å²) in [6, 6.07) is 4.22. The third kappa shape index (κ3) is 3.04. The molecule has 3 atom stereocenters. The monoisotopic (exact) mass is 308 g/mol. The van der Waals surface area contributed by atoms with Crippen molar-refractivity contribution in [1.82, 2.24) is 9.80 Å². The minimum absolute atomic E-state index is 0.0527. The van der Waals surface area contributed by atoms with E-state index in [1.807, 2.05) is 17.0 Å². The molecule has 1 amide bonds. The van der Waals surface area contributed by atoms with E-state index >= 15 is 0 Å². The molecular weight excluding hydrogens is 284 g/mol. The van der Waals surface area contributed by atoms with E-state index in [-0.39, 0.29) is 30.7 Å². The number of likely N-dealkylation sites (N-methyl/N-ethyl adjacent to an activating group) is 1. The van der Waals surface area contributed by atoms with Gasteiger partial charge in [0.1, 0.15) is 12.4 Å². The quantitative estimate of drug-likeness (QED) is 0.816. The highest BCUT2D eigenvalue weighted by Crippen LogP contribution is 2.32. The van der Waals surface area contributed by atoms with Crippen molar-refractivity contribution in [2.24, 2.45) is 0 Å². The van der Waals surface area contributed by atoms with Gasteiger partial charge in [0.2, 0.25) is 5.91 Å². The Morgan fingerprint density at radius 2 is 2.41 bits per heavy atom. The maximum absolute atomic E-state index is 12.3. The van der Waals surface area contributed by atoms with Crippen LogP contribution in [0.4, 0.5) is 0 Å². The molecule has 1 aromatic heterocycles. The number of likely N-dealkylation sites (tertiary alicyclic amines) is 1. The van der Waals surface area contributed by atoms with Gasteiger partial charge in [-0.3, -0.25) is 9.69 Å². The third-order valence-corrected chi connectivity index (χ3v) is 4.64. The fraction of sp³-hybridized carbons (Fsp3) is 0.688. The van der Waals surface area contributed by atoms with Crippen LogP contribution in [0.15, 0.2) is 22.8 Å². The number of rotatable bonds is 5.